The van der Waals surface area contributed by atoms with Gasteiger partial charge in [-0.05, 0) is 12.5 Å². The van der Waals surface area contributed by atoms with Crippen molar-refractivity contribution in [1.29, 1.82) is 0 Å². The third kappa shape index (κ3) is 4.44. The number of esters is 1. The van der Waals surface area contributed by atoms with Crippen LogP contribution in [0.2, 0.25) is 0 Å². The molecular weight excluding hydrogens is 374 g/mol. The molecule has 0 amide bonds. The second-order valence-electron chi connectivity index (χ2n) is 6.26. The topological polar surface area (TPSA) is 95.6 Å². The Labute approximate surface area is 167 Å². The molecule has 0 aliphatic rings. The largest absolute Gasteiger partial charge is 0.465 e. The van der Waals surface area contributed by atoms with E-state index >= 15 is 0 Å². The van der Waals surface area contributed by atoms with E-state index in [4.69, 9.17) is 9.57 Å². The zero-order valence-corrected chi connectivity index (χ0v) is 16.1. The lowest BCUT2D eigenvalue weighted by molar-refractivity contribution is -0.384. The molecule has 1 heterocycles. The van der Waals surface area contributed by atoms with E-state index in [-0.39, 0.29) is 5.69 Å². The highest BCUT2D eigenvalue weighted by Gasteiger charge is 2.16. The number of hydroxylamine groups is 1. The SMILES string of the molecule is CCCONC(=Cn1cc(C(=O)OC)c2ccccc21)c1cccc([N+](=O)[O-])c1. The normalized spacial score (nSPS) is 11.4. The molecule has 0 aliphatic carbocycles. The van der Waals surface area contributed by atoms with E-state index in [0.29, 0.717) is 23.4 Å². The van der Waals surface area contributed by atoms with Crippen LogP contribution in [0.4, 0.5) is 5.69 Å². The van der Waals surface area contributed by atoms with Crippen molar-refractivity contribution in [2.45, 2.75) is 13.3 Å². The number of non-ortho nitro benzene ring substituents is 1. The van der Waals surface area contributed by atoms with Gasteiger partial charge in [-0.25, -0.2) is 4.79 Å². The van der Waals surface area contributed by atoms with Gasteiger partial charge in [0, 0.05) is 35.5 Å². The molecule has 0 atom stereocenters. The highest BCUT2D eigenvalue weighted by molar-refractivity contribution is 6.05. The molecule has 8 heteroatoms. The average molecular weight is 395 g/mol. The summed E-state index contributed by atoms with van der Waals surface area (Å²) in [5.74, 6) is -0.444. The predicted molar refractivity (Wildman–Crippen MR) is 110 cm³/mol. The fourth-order valence-corrected chi connectivity index (χ4v) is 2.90. The van der Waals surface area contributed by atoms with Crippen LogP contribution in [0.3, 0.4) is 0 Å². The monoisotopic (exact) mass is 395 g/mol. The number of nitrogens with zero attached hydrogens (tertiary/aromatic N) is 2. The summed E-state index contributed by atoms with van der Waals surface area (Å²) in [6.07, 6.45) is 4.19. The Bertz CT molecular complexity index is 1070. The fraction of sp³-hybridized carbons (Fsp3) is 0.190. The summed E-state index contributed by atoms with van der Waals surface area (Å²) in [6.45, 7) is 2.44. The summed E-state index contributed by atoms with van der Waals surface area (Å²) in [7, 11) is 1.33. The summed E-state index contributed by atoms with van der Waals surface area (Å²) < 4.78 is 6.64. The quantitative estimate of drug-likeness (QED) is 0.265. The number of carbonyl (C=O) groups is 1. The molecule has 0 radical (unpaired) electrons. The number of fused-ring (bicyclic) bond motifs is 1. The van der Waals surface area contributed by atoms with Gasteiger partial charge in [0.15, 0.2) is 0 Å². The average Bonchev–Trinajstić information content (AvgIpc) is 3.11. The van der Waals surface area contributed by atoms with E-state index in [1.54, 1.807) is 29.1 Å². The van der Waals surface area contributed by atoms with Crippen molar-refractivity contribution in [3.05, 3.63) is 76.0 Å². The minimum atomic E-state index is -0.450. The van der Waals surface area contributed by atoms with Crippen LogP contribution in [0, 0.1) is 10.1 Å². The molecule has 0 fully saturated rings. The Morgan fingerprint density at radius 1 is 1.24 bits per heavy atom. The number of aromatic nitrogens is 1. The first kappa shape index (κ1) is 20.1. The Morgan fingerprint density at radius 2 is 2.03 bits per heavy atom. The molecule has 29 heavy (non-hydrogen) atoms. The number of ether oxygens (including phenoxy) is 1. The Hall–Kier alpha value is -3.65. The number of nitrogens with one attached hydrogen (secondary N) is 1. The highest BCUT2D eigenvalue weighted by atomic mass is 16.6. The first-order chi connectivity index (χ1) is 14.0. The zero-order valence-electron chi connectivity index (χ0n) is 16.1. The van der Waals surface area contributed by atoms with E-state index < -0.39 is 10.9 Å². The molecule has 150 valence electrons. The first-order valence-corrected chi connectivity index (χ1v) is 9.07. The molecule has 0 aliphatic heterocycles. The maximum absolute atomic E-state index is 12.2. The minimum Gasteiger partial charge on any atom is -0.465 e. The maximum Gasteiger partial charge on any atom is 0.340 e. The third-order valence-corrected chi connectivity index (χ3v) is 4.27. The number of nitro benzene ring substituents is 1. The van der Waals surface area contributed by atoms with Crippen LogP contribution in [0.25, 0.3) is 22.8 Å². The maximum atomic E-state index is 12.2. The summed E-state index contributed by atoms with van der Waals surface area (Å²) in [4.78, 5) is 28.3. The molecule has 1 N–H and O–H groups in total. The highest BCUT2D eigenvalue weighted by Crippen LogP contribution is 2.25. The van der Waals surface area contributed by atoms with Gasteiger partial charge in [0.2, 0.25) is 0 Å². The number of benzene rings is 2. The molecule has 2 aromatic carbocycles. The van der Waals surface area contributed by atoms with Crippen LogP contribution in [-0.2, 0) is 9.57 Å². The molecule has 0 spiro atoms. The van der Waals surface area contributed by atoms with Crippen LogP contribution in [0.1, 0.15) is 29.3 Å². The summed E-state index contributed by atoms with van der Waals surface area (Å²) >= 11 is 0. The molecule has 8 nitrogen and oxygen atoms in total. The van der Waals surface area contributed by atoms with Gasteiger partial charge < -0.3 is 9.30 Å². The van der Waals surface area contributed by atoms with Gasteiger partial charge >= 0.3 is 5.97 Å². The molecule has 3 aromatic rings. The molecule has 0 saturated carbocycles. The van der Waals surface area contributed by atoms with Crippen molar-refractivity contribution in [3.8, 4) is 0 Å². The van der Waals surface area contributed by atoms with Crippen molar-refractivity contribution < 1.29 is 19.3 Å². The molecule has 3 rings (SSSR count). The number of methoxy groups -OCH3 is 1. The van der Waals surface area contributed by atoms with Crippen molar-refractivity contribution in [2.24, 2.45) is 0 Å². The Balaban J connectivity index is 2.12. The minimum absolute atomic E-state index is 0.0293. The lowest BCUT2D eigenvalue weighted by Gasteiger charge is -2.12. The van der Waals surface area contributed by atoms with Gasteiger partial charge in [0.25, 0.3) is 5.69 Å². The third-order valence-electron chi connectivity index (χ3n) is 4.27. The van der Waals surface area contributed by atoms with Crippen LogP contribution >= 0.6 is 0 Å². The first-order valence-electron chi connectivity index (χ1n) is 9.07. The second-order valence-corrected chi connectivity index (χ2v) is 6.26. The summed E-state index contributed by atoms with van der Waals surface area (Å²) in [5, 5.41) is 11.9. The molecular formula is C21H21N3O5. The molecule has 0 bridgehead atoms. The number of carbonyl (C=O) groups excluding carboxylic acids is 1. The zero-order chi connectivity index (χ0) is 20.8. The van der Waals surface area contributed by atoms with E-state index in [9.17, 15) is 14.9 Å². The van der Waals surface area contributed by atoms with Crippen LogP contribution in [-0.4, -0.2) is 29.2 Å². The van der Waals surface area contributed by atoms with Gasteiger partial charge in [-0.15, -0.1) is 0 Å². The van der Waals surface area contributed by atoms with Crippen LogP contribution in [0.5, 0.6) is 0 Å². The fourth-order valence-electron chi connectivity index (χ4n) is 2.90. The van der Waals surface area contributed by atoms with Gasteiger partial charge in [-0.2, -0.15) is 0 Å². The van der Waals surface area contributed by atoms with Gasteiger partial charge in [0.05, 0.1) is 35.4 Å². The standard InChI is InChI=1S/C21H21N3O5/c1-3-11-29-22-19(15-7-6-8-16(12-15)24(26)27)14-23-13-18(21(25)28-2)17-9-4-5-10-20(17)23/h4-10,12-14,22H,3,11H2,1-2H3. The summed E-state index contributed by atoms with van der Waals surface area (Å²) in [5.41, 5.74) is 5.14. The molecule has 0 saturated heterocycles. The number of nitro groups is 1. The van der Waals surface area contributed by atoms with E-state index in [1.165, 1.54) is 19.2 Å². The van der Waals surface area contributed by atoms with Crippen molar-refractivity contribution in [3.63, 3.8) is 0 Å². The van der Waals surface area contributed by atoms with Crippen LogP contribution in [0.15, 0.2) is 54.7 Å². The smallest absolute Gasteiger partial charge is 0.340 e. The number of rotatable bonds is 8. The van der Waals surface area contributed by atoms with Crippen molar-refractivity contribution in [1.82, 2.24) is 10.0 Å². The Kier molecular flexibility index (Phi) is 6.25. The van der Waals surface area contributed by atoms with E-state index in [2.05, 4.69) is 5.48 Å². The van der Waals surface area contributed by atoms with E-state index in [0.717, 1.165) is 17.3 Å². The number of para-hydroxylation sites is 1. The lowest BCUT2D eigenvalue weighted by atomic mass is 10.1. The van der Waals surface area contributed by atoms with Gasteiger partial charge in [0.1, 0.15) is 0 Å². The van der Waals surface area contributed by atoms with Gasteiger partial charge in [-0.3, -0.25) is 20.4 Å². The molecule has 0 unspecified atom stereocenters. The lowest BCUT2D eigenvalue weighted by Crippen LogP contribution is -2.14. The second kappa shape index (κ2) is 9.03. The van der Waals surface area contributed by atoms with Gasteiger partial charge in [-0.1, -0.05) is 37.3 Å². The van der Waals surface area contributed by atoms with Crippen molar-refractivity contribution >= 4 is 34.5 Å². The Morgan fingerprint density at radius 3 is 2.76 bits per heavy atom. The number of hydrogen-bond acceptors (Lipinski definition) is 6. The number of hydrogen-bond donors (Lipinski definition) is 1. The van der Waals surface area contributed by atoms with Crippen molar-refractivity contribution in [2.75, 3.05) is 13.7 Å². The van der Waals surface area contributed by atoms with E-state index in [1.807, 2.05) is 31.2 Å². The summed E-state index contributed by atoms with van der Waals surface area (Å²) in [6, 6.07) is 13.6. The predicted octanol–water partition coefficient (Wildman–Crippen LogP) is 4.22. The van der Waals surface area contributed by atoms with Crippen LogP contribution < -0.4 is 5.48 Å². The molecule has 1 aromatic heterocycles.